The third-order valence-corrected chi connectivity index (χ3v) is 1.97. The molecule has 0 unspecified atom stereocenters. The average molecular weight is 356 g/mol. The van der Waals surface area contributed by atoms with Gasteiger partial charge in [0.15, 0.2) is 5.96 Å². The third-order valence-electron chi connectivity index (χ3n) is 1.97. The highest BCUT2D eigenvalue weighted by molar-refractivity contribution is 14.0. The van der Waals surface area contributed by atoms with Crippen molar-refractivity contribution in [2.45, 2.75) is 40.2 Å². The fraction of sp³-hybridized carbons (Fsp3) is 0.917. The SMILES string of the molecule is CN=C(NCCNC(C)(C)C)NCC(C)C.I. The van der Waals surface area contributed by atoms with E-state index in [0.717, 1.165) is 25.6 Å². The lowest BCUT2D eigenvalue weighted by molar-refractivity contribution is 0.428. The summed E-state index contributed by atoms with van der Waals surface area (Å²) in [6.07, 6.45) is 0. The Morgan fingerprint density at radius 2 is 1.71 bits per heavy atom. The molecule has 0 amide bonds. The minimum atomic E-state index is 0. The first kappa shape index (κ1) is 19.3. The van der Waals surface area contributed by atoms with Crippen molar-refractivity contribution in [3.8, 4) is 0 Å². The Hall–Kier alpha value is -0.0400. The van der Waals surface area contributed by atoms with E-state index in [1.807, 2.05) is 0 Å². The van der Waals surface area contributed by atoms with E-state index in [9.17, 15) is 0 Å². The number of rotatable bonds is 5. The van der Waals surface area contributed by atoms with Crippen LogP contribution in [0.1, 0.15) is 34.6 Å². The molecular weight excluding hydrogens is 327 g/mol. The van der Waals surface area contributed by atoms with Crippen LogP contribution >= 0.6 is 24.0 Å². The lowest BCUT2D eigenvalue weighted by Gasteiger charge is -2.21. The van der Waals surface area contributed by atoms with Crippen molar-refractivity contribution in [1.29, 1.82) is 0 Å². The van der Waals surface area contributed by atoms with Gasteiger partial charge in [-0.2, -0.15) is 0 Å². The summed E-state index contributed by atoms with van der Waals surface area (Å²) in [5.41, 5.74) is 0.177. The molecule has 0 aliphatic carbocycles. The molecule has 0 aromatic rings. The minimum Gasteiger partial charge on any atom is -0.356 e. The maximum absolute atomic E-state index is 4.16. The lowest BCUT2D eigenvalue weighted by Crippen LogP contribution is -2.45. The van der Waals surface area contributed by atoms with Crippen LogP contribution in [0, 0.1) is 5.92 Å². The van der Waals surface area contributed by atoms with Crippen LogP contribution in [0.15, 0.2) is 4.99 Å². The van der Waals surface area contributed by atoms with Gasteiger partial charge in [0.25, 0.3) is 0 Å². The normalized spacial score (nSPS) is 12.3. The molecule has 0 rings (SSSR count). The van der Waals surface area contributed by atoms with Crippen molar-refractivity contribution >= 4 is 29.9 Å². The van der Waals surface area contributed by atoms with Crippen LogP contribution < -0.4 is 16.0 Å². The number of guanidine groups is 1. The van der Waals surface area contributed by atoms with Crippen molar-refractivity contribution < 1.29 is 0 Å². The summed E-state index contributed by atoms with van der Waals surface area (Å²) < 4.78 is 0. The van der Waals surface area contributed by atoms with Crippen molar-refractivity contribution in [3.63, 3.8) is 0 Å². The van der Waals surface area contributed by atoms with Gasteiger partial charge < -0.3 is 16.0 Å². The summed E-state index contributed by atoms with van der Waals surface area (Å²) in [5, 5.41) is 9.97. The van der Waals surface area contributed by atoms with Crippen LogP contribution in [-0.4, -0.2) is 38.2 Å². The molecule has 0 fully saturated rings. The molecule has 0 atom stereocenters. The Labute approximate surface area is 123 Å². The molecule has 0 spiro atoms. The van der Waals surface area contributed by atoms with E-state index in [-0.39, 0.29) is 29.5 Å². The molecule has 0 saturated heterocycles. The van der Waals surface area contributed by atoms with E-state index >= 15 is 0 Å². The largest absolute Gasteiger partial charge is 0.356 e. The number of hydrogen-bond donors (Lipinski definition) is 3. The van der Waals surface area contributed by atoms with Crippen LogP contribution in [0.5, 0.6) is 0 Å². The second-order valence-corrected chi connectivity index (χ2v) is 5.45. The second kappa shape index (κ2) is 9.94. The highest BCUT2D eigenvalue weighted by atomic mass is 127. The Balaban J connectivity index is 0. The first-order valence-electron chi connectivity index (χ1n) is 6.04. The highest BCUT2D eigenvalue weighted by Crippen LogP contribution is 1.96. The molecule has 5 heteroatoms. The zero-order chi connectivity index (χ0) is 12.6. The fourth-order valence-corrected chi connectivity index (χ4v) is 1.14. The van der Waals surface area contributed by atoms with E-state index in [0.29, 0.717) is 5.92 Å². The molecule has 17 heavy (non-hydrogen) atoms. The van der Waals surface area contributed by atoms with Gasteiger partial charge in [-0.3, -0.25) is 4.99 Å². The van der Waals surface area contributed by atoms with Gasteiger partial charge in [0.1, 0.15) is 0 Å². The summed E-state index contributed by atoms with van der Waals surface area (Å²) in [5.74, 6) is 1.51. The molecule has 0 aliphatic rings. The number of aliphatic imine (C=N–C) groups is 1. The van der Waals surface area contributed by atoms with E-state index in [1.54, 1.807) is 7.05 Å². The van der Waals surface area contributed by atoms with Crippen molar-refractivity contribution in [2.75, 3.05) is 26.7 Å². The van der Waals surface area contributed by atoms with E-state index in [4.69, 9.17) is 0 Å². The van der Waals surface area contributed by atoms with Gasteiger partial charge in [0, 0.05) is 32.2 Å². The van der Waals surface area contributed by atoms with Gasteiger partial charge in [0.2, 0.25) is 0 Å². The Bertz CT molecular complexity index is 209. The first-order valence-corrected chi connectivity index (χ1v) is 6.04. The monoisotopic (exact) mass is 356 g/mol. The average Bonchev–Trinajstić information content (AvgIpc) is 2.15. The quantitative estimate of drug-likeness (QED) is 0.305. The van der Waals surface area contributed by atoms with E-state index in [1.165, 1.54) is 0 Å². The number of nitrogens with one attached hydrogen (secondary N) is 3. The molecular formula is C12H29IN4. The fourth-order valence-electron chi connectivity index (χ4n) is 1.14. The topological polar surface area (TPSA) is 48.5 Å². The number of hydrogen-bond acceptors (Lipinski definition) is 2. The standard InChI is InChI=1S/C12H28N4.HI/c1-10(2)9-15-11(13-6)14-7-8-16-12(3,4)5;/h10,16H,7-9H2,1-6H3,(H2,13,14,15);1H. The summed E-state index contributed by atoms with van der Waals surface area (Å²) in [4.78, 5) is 4.16. The van der Waals surface area contributed by atoms with Crippen LogP contribution in [0.25, 0.3) is 0 Å². The molecule has 0 bridgehead atoms. The van der Waals surface area contributed by atoms with Crippen LogP contribution in [0.4, 0.5) is 0 Å². The maximum atomic E-state index is 4.16. The van der Waals surface area contributed by atoms with Gasteiger partial charge in [-0.25, -0.2) is 0 Å². The van der Waals surface area contributed by atoms with E-state index in [2.05, 4.69) is 55.6 Å². The van der Waals surface area contributed by atoms with Crippen LogP contribution in [0.3, 0.4) is 0 Å². The van der Waals surface area contributed by atoms with Crippen molar-refractivity contribution in [1.82, 2.24) is 16.0 Å². The first-order chi connectivity index (χ1) is 7.35. The van der Waals surface area contributed by atoms with Gasteiger partial charge in [0.05, 0.1) is 0 Å². The zero-order valence-corrected chi connectivity index (χ0v) is 14.4. The molecule has 0 radical (unpaired) electrons. The van der Waals surface area contributed by atoms with Gasteiger partial charge in [-0.05, 0) is 26.7 Å². The molecule has 0 aromatic carbocycles. The molecule has 3 N–H and O–H groups in total. The van der Waals surface area contributed by atoms with E-state index < -0.39 is 0 Å². The molecule has 0 aromatic heterocycles. The maximum Gasteiger partial charge on any atom is 0.191 e. The Morgan fingerprint density at radius 1 is 1.12 bits per heavy atom. The third kappa shape index (κ3) is 13.9. The second-order valence-electron chi connectivity index (χ2n) is 5.45. The predicted octanol–water partition coefficient (Wildman–Crippen LogP) is 1.81. The molecule has 4 nitrogen and oxygen atoms in total. The molecule has 0 saturated carbocycles. The summed E-state index contributed by atoms with van der Waals surface area (Å²) in [6.45, 7) is 13.6. The summed E-state index contributed by atoms with van der Waals surface area (Å²) >= 11 is 0. The lowest BCUT2D eigenvalue weighted by atomic mass is 10.1. The molecule has 0 aliphatic heterocycles. The highest BCUT2D eigenvalue weighted by Gasteiger charge is 2.07. The van der Waals surface area contributed by atoms with Gasteiger partial charge >= 0.3 is 0 Å². The molecule has 0 heterocycles. The van der Waals surface area contributed by atoms with Crippen LogP contribution in [-0.2, 0) is 0 Å². The number of halogens is 1. The minimum absolute atomic E-state index is 0. The summed E-state index contributed by atoms with van der Waals surface area (Å²) in [6, 6.07) is 0. The molecule has 104 valence electrons. The Kier molecular flexibility index (Phi) is 11.3. The van der Waals surface area contributed by atoms with Gasteiger partial charge in [-0.1, -0.05) is 13.8 Å². The predicted molar refractivity (Wildman–Crippen MR) is 87.4 cm³/mol. The van der Waals surface area contributed by atoms with Gasteiger partial charge in [-0.15, -0.1) is 24.0 Å². The smallest absolute Gasteiger partial charge is 0.191 e. The summed E-state index contributed by atoms with van der Waals surface area (Å²) in [7, 11) is 1.80. The van der Waals surface area contributed by atoms with Crippen LogP contribution in [0.2, 0.25) is 0 Å². The van der Waals surface area contributed by atoms with Crippen molar-refractivity contribution in [2.24, 2.45) is 10.9 Å². The zero-order valence-electron chi connectivity index (χ0n) is 12.1. The van der Waals surface area contributed by atoms with Crippen molar-refractivity contribution in [3.05, 3.63) is 0 Å². The number of nitrogens with zero attached hydrogens (tertiary/aromatic N) is 1. The Morgan fingerprint density at radius 3 is 2.12 bits per heavy atom.